The van der Waals surface area contributed by atoms with Crippen LogP contribution in [0.5, 0.6) is 0 Å². The number of nitrogens with one attached hydrogen (secondary N) is 2. The number of piperazine rings is 1. The molecule has 0 unspecified atom stereocenters. The Morgan fingerprint density at radius 3 is 2.48 bits per heavy atom. The molecule has 0 aromatic heterocycles. The summed E-state index contributed by atoms with van der Waals surface area (Å²) in [5.41, 5.74) is -0.204. The topological polar surface area (TPSA) is 53.9 Å². The maximum atomic E-state index is 12.4. The van der Waals surface area contributed by atoms with Crippen molar-refractivity contribution in [2.45, 2.75) is 31.2 Å². The van der Waals surface area contributed by atoms with Gasteiger partial charge >= 0.3 is 0 Å². The average Bonchev–Trinajstić information content (AvgIpc) is 2.52. The lowest BCUT2D eigenvalue weighted by Gasteiger charge is -2.32. The fourth-order valence-electron chi connectivity index (χ4n) is 2.73. The normalized spacial score (nSPS) is 15.9. The summed E-state index contributed by atoms with van der Waals surface area (Å²) in [4.78, 5) is 28.4. The molecule has 1 heterocycles. The Hall–Kier alpha value is -1.24. The number of rotatable bonds is 5. The molecule has 2 rings (SSSR count). The average molecular weight is 385 g/mol. The highest BCUT2D eigenvalue weighted by atomic mass is 35.5. The van der Waals surface area contributed by atoms with E-state index in [1.807, 2.05) is 49.9 Å². The quantitative estimate of drug-likeness (QED) is 0.747. The van der Waals surface area contributed by atoms with Crippen LogP contribution in [-0.4, -0.2) is 60.7 Å². The van der Waals surface area contributed by atoms with Crippen molar-refractivity contribution in [2.24, 2.45) is 0 Å². The van der Waals surface area contributed by atoms with Crippen molar-refractivity contribution >= 4 is 35.2 Å². The zero-order chi connectivity index (χ0) is 18.4. The van der Waals surface area contributed by atoms with Crippen molar-refractivity contribution in [3.63, 3.8) is 0 Å². The lowest BCUT2D eigenvalue weighted by atomic mass is 10.1. The van der Waals surface area contributed by atoms with Crippen LogP contribution >= 0.6 is 23.4 Å². The molecule has 2 N–H and O–H groups in total. The first-order valence-corrected chi connectivity index (χ1v) is 9.90. The van der Waals surface area contributed by atoms with Crippen LogP contribution in [0.4, 0.5) is 0 Å². The summed E-state index contributed by atoms with van der Waals surface area (Å²) in [5.74, 6) is 0.587. The fraction of sp³-hybridized carbons (Fsp3) is 0.556. The molecule has 1 fully saturated rings. The molecule has 0 bridgehead atoms. The number of hydrogen-bond donors (Lipinski definition) is 2. The molecule has 0 spiro atoms. The lowest BCUT2D eigenvalue weighted by Crippen LogP contribution is -3.16. The standard InChI is InChI=1S/C18H26ClN3O2S/c1-18(2,3)20-16(23)12-21-8-10-22(11-9-21)17(24)13-25-15-7-5-4-6-14(15)19/h4-7H,8-13H2,1-3H3,(H,20,23)/p+1. The number of quaternary nitrogens is 1. The Balaban J connectivity index is 1.73. The number of nitrogens with zero attached hydrogens (tertiary/aromatic N) is 1. The van der Waals surface area contributed by atoms with Gasteiger partial charge in [-0.25, -0.2) is 0 Å². The molecule has 0 atom stereocenters. The first-order valence-electron chi connectivity index (χ1n) is 8.54. The van der Waals surface area contributed by atoms with Gasteiger partial charge < -0.3 is 15.1 Å². The summed E-state index contributed by atoms with van der Waals surface area (Å²) in [6.45, 7) is 9.41. The third kappa shape index (κ3) is 6.88. The minimum atomic E-state index is -0.204. The molecule has 25 heavy (non-hydrogen) atoms. The molecule has 1 aromatic carbocycles. The molecule has 1 aliphatic rings. The molecular weight excluding hydrogens is 358 g/mol. The van der Waals surface area contributed by atoms with Gasteiger partial charge in [-0.3, -0.25) is 9.59 Å². The van der Waals surface area contributed by atoms with Crippen LogP contribution in [-0.2, 0) is 9.59 Å². The number of benzene rings is 1. The van der Waals surface area contributed by atoms with Crippen molar-refractivity contribution in [1.82, 2.24) is 10.2 Å². The third-order valence-corrected chi connectivity index (χ3v) is 5.44. The Labute approximate surface area is 159 Å². The number of amides is 2. The van der Waals surface area contributed by atoms with E-state index in [-0.39, 0.29) is 17.4 Å². The Kier molecular flexibility index (Phi) is 7.16. The van der Waals surface area contributed by atoms with E-state index in [2.05, 4.69) is 5.32 Å². The summed E-state index contributed by atoms with van der Waals surface area (Å²) in [7, 11) is 0. The first-order chi connectivity index (χ1) is 11.7. The van der Waals surface area contributed by atoms with E-state index in [0.29, 0.717) is 30.4 Å². The van der Waals surface area contributed by atoms with Gasteiger partial charge in [0.2, 0.25) is 5.91 Å². The van der Waals surface area contributed by atoms with Crippen LogP contribution in [0.3, 0.4) is 0 Å². The SMILES string of the molecule is CC(C)(C)NC(=O)C[NH+]1CCN(C(=O)CSc2ccccc2Cl)CC1. The highest BCUT2D eigenvalue weighted by Gasteiger charge is 2.26. The maximum absolute atomic E-state index is 12.4. The Bertz CT molecular complexity index is 611. The van der Waals surface area contributed by atoms with Gasteiger partial charge in [-0.15, -0.1) is 11.8 Å². The predicted molar refractivity (Wildman–Crippen MR) is 102 cm³/mol. The molecule has 138 valence electrons. The number of carbonyl (C=O) groups excluding carboxylic acids is 2. The van der Waals surface area contributed by atoms with Crippen molar-refractivity contribution in [3.8, 4) is 0 Å². The van der Waals surface area contributed by atoms with Gasteiger partial charge in [0.1, 0.15) is 0 Å². The van der Waals surface area contributed by atoms with Crippen LogP contribution in [0.2, 0.25) is 5.02 Å². The van der Waals surface area contributed by atoms with Crippen LogP contribution in [0.1, 0.15) is 20.8 Å². The van der Waals surface area contributed by atoms with Crippen molar-refractivity contribution in [1.29, 1.82) is 0 Å². The van der Waals surface area contributed by atoms with E-state index in [4.69, 9.17) is 11.6 Å². The Morgan fingerprint density at radius 1 is 1.24 bits per heavy atom. The molecular formula is C18H27ClN3O2S+. The van der Waals surface area contributed by atoms with Crippen LogP contribution < -0.4 is 10.2 Å². The summed E-state index contributed by atoms with van der Waals surface area (Å²) < 4.78 is 0. The van der Waals surface area contributed by atoms with Crippen LogP contribution in [0.25, 0.3) is 0 Å². The van der Waals surface area contributed by atoms with Crippen LogP contribution in [0.15, 0.2) is 29.2 Å². The van der Waals surface area contributed by atoms with Gasteiger partial charge in [0.05, 0.1) is 37.0 Å². The zero-order valence-electron chi connectivity index (χ0n) is 15.1. The molecule has 0 aliphatic carbocycles. The third-order valence-electron chi connectivity index (χ3n) is 3.94. The second kappa shape index (κ2) is 8.92. The highest BCUT2D eigenvalue weighted by molar-refractivity contribution is 8.00. The minimum absolute atomic E-state index is 0.0663. The minimum Gasteiger partial charge on any atom is -0.347 e. The van der Waals surface area contributed by atoms with E-state index in [0.717, 1.165) is 18.0 Å². The fourth-order valence-corrected chi connectivity index (χ4v) is 3.87. The number of carbonyl (C=O) groups is 2. The second-order valence-electron chi connectivity index (χ2n) is 7.32. The number of halogens is 1. The number of thioether (sulfide) groups is 1. The molecule has 1 aromatic rings. The van der Waals surface area contributed by atoms with E-state index in [1.54, 1.807) is 0 Å². The van der Waals surface area contributed by atoms with Gasteiger partial charge in [-0.1, -0.05) is 23.7 Å². The molecule has 1 saturated heterocycles. The van der Waals surface area contributed by atoms with E-state index < -0.39 is 0 Å². The molecule has 0 saturated carbocycles. The van der Waals surface area contributed by atoms with E-state index in [9.17, 15) is 9.59 Å². The van der Waals surface area contributed by atoms with E-state index >= 15 is 0 Å². The Morgan fingerprint density at radius 2 is 1.88 bits per heavy atom. The lowest BCUT2D eigenvalue weighted by molar-refractivity contribution is -0.896. The van der Waals surface area contributed by atoms with Gasteiger partial charge in [0, 0.05) is 10.4 Å². The summed E-state index contributed by atoms with van der Waals surface area (Å²) in [6, 6.07) is 7.56. The van der Waals surface area contributed by atoms with Gasteiger partial charge in [-0.05, 0) is 32.9 Å². The molecule has 2 amide bonds. The molecule has 0 radical (unpaired) electrons. The summed E-state index contributed by atoms with van der Waals surface area (Å²) in [6.07, 6.45) is 0. The largest absolute Gasteiger partial charge is 0.347 e. The zero-order valence-corrected chi connectivity index (χ0v) is 16.7. The highest BCUT2D eigenvalue weighted by Crippen LogP contribution is 2.26. The van der Waals surface area contributed by atoms with Crippen molar-refractivity contribution < 1.29 is 14.5 Å². The maximum Gasteiger partial charge on any atom is 0.275 e. The monoisotopic (exact) mass is 384 g/mol. The second-order valence-corrected chi connectivity index (χ2v) is 8.75. The first kappa shape index (κ1) is 20.1. The van der Waals surface area contributed by atoms with Crippen molar-refractivity contribution in [3.05, 3.63) is 29.3 Å². The smallest absolute Gasteiger partial charge is 0.275 e. The van der Waals surface area contributed by atoms with Crippen molar-refractivity contribution in [2.75, 3.05) is 38.5 Å². The molecule has 5 nitrogen and oxygen atoms in total. The van der Waals surface area contributed by atoms with Gasteiger partial charge in [-0.2, -0.15) is 0 Å². The van der Waals surface area contributed by atoms with E-state index in [1.165, 1.54) is 16.7 Å². The number of hydrogen-bond acceptors (Lipinski definition) is 3. The van der Waals surface area contributed by atoms with Gasteiger partial charge in [0.25, 0.3) is 5.91 Å². The summed E-state index contributed by atoms with van der Waals surface area (Å²) >= 11 is 7.59. The molecule has 7 heteroatoms. The van der Waals surface area contributed by atoms with Gasteiger partial charge in [0.15, 0.2) is 6.54 Å². The molecule has 1 aliphatic heterocycles. The summed E-state index contributed by atoms with van der Waals surface area (Å²) in [5, 5.41) is 3.67. The predicted octanol–water partition coefficient (Wildman–Crippen LogP) is 1.07. The van der Waals surface area contributed by atoms with Crippen LogP contribution in [0, 0.1) is 0 Å².